The van der Waals surface area contributed by atoms with E-state index < -0.39 is 0 Å². The summed E-state index contributed by atoms with van der Waals surface area (Å²) in [7, 11) is 0. The molecular weight excluding hydrogens is 808 g/mol. The molecule has 2 aliphatic rings. The highest BCUT2D eigenvalue weighted by Crippen LogP contribution is 2.29. The molecule has 0 aliphatic heterocycles. The number of carbonyl (C=O) groups excluding carboxylic acids is 2. The van der Waals surface area contributed by atoms with Crippen LogP contribution in [0.5, 0.6) is 0 Å². The Morgan fingerprint density at radius 1 is 0.763 bits per heavy atom. The van der Waals surface area contributed by atoms with Crippen molar-refractivity contribution in [2.45, 2.75) is 79.3 Å². The van der Waals surface area contributed by atoms with Gasteiger partial charge >= 0.3 is 0 Å². The van der Waals surface area contributed by atoms with Crippen LogP contribution in [-0.2, 0) is 0 Å². The molecule has 0 spiro atoms. The minimum absolute atomic E-state index is 0.0109. The largest absolute Gasteiger partial charge is 0.384 e. The molecule has 59 heavy (non-hydrogen) atoms. The fraction of sp³-hybridized carbons (Fsp3) is 0.378. The predicted octanol–water partition coefficient (Wildman–Crippen LogP) is 7.44. The Labute approximate surface area is 353 Å². The molecule has 4 heterocycles. The van der Waals surface area contributed by atoms with Gasteiger partial charge in [0.15, 0.2) is 22.9 Å². The van der Waals surface area contributed by atoms with Gasteiger partial charge in [-0.25, -0.2) is 19.9 Å². The third-order valence-corrected chi connectivity index (χ3v) is 10.3. The van der Waals surface area contributed by atoms with E-state index >= 15 is 0 Å². The highest BCUT2D eigenvalue weighted by atomic mass is 79.9. The number of rotatable bonds is 12. The Bertz CT molecular complexity index is 2580. The van der Waals surface area contributed by atoms with E-state index in [4.69, 9.17) is 5.11 Å². The summed E-state index contributed by atoms with van der Waals surface area (Å²) in [5, 5.41) is 21.9. The molecule has 0 atom stereocenters. The number of aromatic nitrogens is 6. The van der Waals surface area contributed by atoms with Crippen molar-refractivity contribution in [3.8, 4) is 34.4 Å². The van der Waals surface area contributed by atoms with Crippen LogP contribution in [0.25, 0.3) is 33.8 Å². The molecule has 2 aliphatic carbocycles. The number of benzene rings is 2. The van der Waals surface area contributed by atoms with Gasteiger partial charge in [-0.1, -0.05) is 45.7 Å². The van der Waals surface area contributed by atoms with E-state index in [1.165, 1.54) is 0 Å². The third kappa shape index (κ3) is 10.1. The molecule has 306 valence electrons. The highest BCUT2D eigenvalue weighted by Gasteiger charge is 2.26. The molecule has 2 amide bonds. The second kappa shape index (κ2) is 18.0. The van der Waals surface area contributed by atoms with Gasteiger partial charge in [-0.3, -0.25) is 18.4 Å². The number of aliphatic hydroxyl groups excluding tert-OH is 1. The molecule has 0 radical (unpaired) electrons. The molecule has 0 saturated heterocycles. The summed E-state index contributed by atoms with van der Waals surface area (Å²) in [5.74, 6) is 7.90. The first kappa shape index (κ1) is 41.4. The summed E-state index contributed by atoms with van der Waals surface area (Å²) in [4.78, 5) is 43.1. The van der Waals surface area contributed by atoms with Crippen LogP contribution in [0.4, 0.5) is 11.6 Å². The molecule has 0 bridgehead atoms. The minimum atomic E-state index is -0.227. The molecule has 4 aromatic heterocycles. The zero-order chi connectivity index (χ0) is 41.8. The maximum atomic E-state index is 12.5. The average Bonchev–Trinajstić information content (AvgIpc) is 4.12. The molecule has 6 aromatic rings. The van der Waals surface area contributed by atoms with Crippen molar-refractivity contribution in [1.82, 2.24) is 39.4 Å². The standard InChI is InChI=1S/C24H27N5O2.C21H24BrN5O/c1-15(2)12-25-22-23-26-13-21(29(23)14-19(27-22)5-4-10-30)17-6-9-20(16(3)11-17)24(31)28-18-7-8-18;1-12(2)9-23-19-20-24-10-17(27(20)11-18(22)26-19)14-4-7-16(13(3)8-14)21(28)25-15-5-6-15/h6,9,11,13-15,18,30H,7-8,10,12H2,1-3H3,(H,25,27)(H,28,31);4,7-8,10-12,15H,5-6,9H2,1-3H3,(H,23,26)(H,25,28). The van der Waals surface area contributed by atoms with Gasteiger partial charge in [0, 0.05) is 59.8 Å². The van der Waals surface area contributed by atoms with Crippen molar-refractivity contribution in [2.75, 3.05) is 30.3 Å². The van der Waals surface area contributed by atoms with E-state index in [0.29, 0.717) is 46.6 Å². The van der Waals surface area contributed by atoms with Crippen LogP contribution in [-0.4, -0.2) is 77.4 Å². The fourth-order valence-electron chi connectivity index (χ4n) is 6.54. The zero-order valence-electron chi connectivity index (χ0n) is 34.4. The summed E-state index contributed by atoms with van der Waals surface area (Å²) in [6.07, 6.45) is 11.7. The first-order valence-electron chi connectivity index (χ1n) is 20.2. The predicted molar refractivity (Wildman–Crippen MR) is 236 cm³/mol. The average molecular weight is 860 g/mol. The van der Waals surface area contributed by atoms with Crippen LogP contribution in [0.3, 0.4) is 0 Å². The van der Waals surface area contributed by atoms with Gasteiger partial charge in [0.05, 0.1) is 23.8 Å². The number of amides is 2. The number of fused-ring (bicyclic) bond motifs is 2. The Hall–Kier alpha value is -5.78. The van der Waals surface area contributed by atoms with Crippen molar-refractivity contribution >= 4 is 50.7 Å². The SMILES string of the molecule is Cc1cc(-c2cnc3c(NCC(C)C)nc(Br)cn23)ccc1C(=O)NC1CC1.Cc1cc(-c2cnc3c(NCC(C)C)nc(C#CCO)cn23)ccc1C(=O)NC1CC1. The highest BCUT2D eigenvalue weighted by molar-refractivity contribution is 9.10. The lowest BCUT2D eigenvalue weighted by molar-refractivity contribution is 0.0942. The topological polar surface area (TPSA) is 163 Å². The van der Waals surface area contributed by atoms with E-state index in [0.717, 1.165) is 94.0 Å². The van der Waals surface area contributed by atoms with Gasteiger partial charge in [-0.05, 0) is 109 Å². The molecular formula is C45H51BrN10O3. The number of nitrogens with zero attached hydrogens (tertiary/aromatic N) is 6. The van der Waals surface area contributed by atoms with Crippen molar-refractivity contribution in [1.29, 1.82) is 0 Å². The lowest BCUT2D eigenvalue weighted by atomic mass is 10.0. The number of aliphatic hydroxyl groups is 1. The second-order valence-corrected chi connectivity index (χ2v) is 16.9. The van der Waals surface area contributed by atoms with Crippen molar-refractivity contribution in [3.63, 3.8) is 0 Å². The number of anilines is 2. The van der Waals surface area contributed by atoms with Crippen LogP contribution in [0.2, 0.25) is 0 Å². The third-order valence-electron chi connectivity index (χ3n) is 9.96. The molecule has 2 aromatic carbocycles. The van der Waals surface area contributed by atoms with E-state index in [-0.39, 0.29) is 18.4 Å². The Kier molecular flexibility index (Phi) is 12.6. The summed E-state index contributed by atoms with van der Waals surface area (Å²) in [6.45, 7) is 13.8. The van der Waals surface area contributed by atoms with Crippen LogP contribution >= 0.6 is 15.9 Å². The molecule has 14 heteroatoms. The van der Waals surface area contributed by atoms with Gasteiger partial charge in [-0.15, -0.1) is 0 Å². The fourth-order valence-corrected chi connectivity index (χ4v) is 6.92. The molecule has 5 N–H and O–H groups in total. The number of halogens is 1. The van der Waals surface area contributed by atoms with E-state index in [2.05, 4.69) is 96.7 Å². The molecule has 2 fully saturated rings. The summed E-state index contributed by atoms with van der Waals surface area (Å²) >= 11 is 3.50. The summed E-state index contributed by atoms with van der Waals surface area (Å²) in [6, 6.07) is 12.4. The van der Waals surface area contributed by atoms with Crippen molar-refractivity contribution in [3.05, 3.63) is 93.7 Å². The van der Waals surface area contributed by atoms with Crippen molar-refractivity contribution < 1.29 is 14.7 Å². The number of aryl methyl sites for hydroxylation is 2. The number of hydrogen-bond donors (Lipinski definition) is 5. The summed E-state index contributed by atoms with van der Waals surface area (Å²) in [5.41, 5.74) is 9.14. The van der Waals surface area contributed by atoms with Gasteiger partial charge in [0.1, 0.15) is 16.9 Å². The number of nitrogens with one attached hydrogen (secondary N) is 4. The second-order valence-electron chi connectivity index (χ2n) is 16.1. The summed E-state index contributed by atoms with van der Waals surface area (Å²) < 4.78 is 4.72. The van der Waals surface area contributed by atoms with Crippen LogP contribution in [0.15, 0.2) is 65.8 Å². The maximum absolute atomic E-state index is 12.5. The number of carbonyl (C=O) groups is 2. The molecule has 13 nitrogen and oxygen atoms in total. The van der Waals surface area contributed by atoms with E-state index in [1.54, 1.807) is 6.20 Å². The van der Waals surface area contributed by atoms with Gasteiger partial charge in [0.25, 0.3) is 11.8 Å². The van der Waals surface area contributed by atoms with Crippen LogP contribution < -0.4 is 21.3 Å². The van der Waals surface area contributed by atoms with Gasteiger partial charge < -0.3 is 26.4 Å². The molecule has 2 saturated carbocycles. The smallest absolute Gasteiger partial charge is 0.251 e. The maximum Gasteiger partial charge on any atom is 0.251 e. The van der Waals surface area contributed by atoms with E-state index in [9.17, 15) is 9.59 Å². The first-order valence-corrected chi connectivity index (χ1v) is 21.0. The molecule has 8 rings (SSSR count). The normalized spacial score (nSPS) is 13.5. The van der Waals surface area contributed by atoms with Gasteiger partial charge in [0.2, 0.25) is 0 Å². The zero-order valence-corrected chi connectivity index (χ0v) is 35.9. The van der Waals surface area contributed by atoms with E-state index in [1.807, 2.05) is 77.6 Å². The molecule has 0 unspecified atom stereocenters. The lowest BCUT2D eigenvalue weighted by Crippen LogP contribution is -2.26. The Morgan fingerprint density at radius 3 is 1.68 bits per heavy atom. The monoisotopic (exact) mass is 858 g/mol. The number of hydrogen-bond acceptors (Lipinski definition) is 9. The quantitative estimate of drug-likeness (QED) is 0.0788. The number of imidazole rings is 2. The Morgan fingerprint density at radius 2 is 1.24 bits per heavy atom. The first-order chi connectivity index (χ1) is 28.4. The minimum Gasteiger partial charge on any atom is -0.384 e. The lowest BCUT2D eigenvalue weighted by Gasteiger charge is -2.12. The Balaban J connectivity index is 0.000000180. The van der Waals surface area contributed by atoms with Crippen molar-refractivity contribution in [2.24, 2.45) is 11.8 Å². The van der Waals surface area contributed by atoms with Gasteiger partial charge in [-0.2, -0.15) is 0 Å². The van der Waals surface area contributed by atoms with Crippen LogP contribution in [0.1, 0.15) is 90.9 Å². The van der Waals surface area contributed by atoms with Crippen LogP contribution in [0, 0.1) is 37.5 Å².